The first-order valence-corrected chi connectivity index (χ1v) is 4.98. The van der Waals surface area contributed by atoms with Crippen molar-refractivity contribution < 1.29 is 4.74 Å². The van der Waals surface area contributed by atoms with Crippen LogP contribution in [0.3, 0.4) is 0 Å². The molecule has 1 aromatic carbocycles. The van der Waals surface area contributed by atoms with Crippen LogP contribution >= 0.6 is 0 Å². The van der Waals surface area contributed by atoms with Gasteiger partial charge in [-0.25, -0.2) is 0 Å². The van der Waals surface area contributed by atoms with Gasteiger partial charge in [0.05, 0.1) is 6.20 Å². The lowest BCUT2D eigenvalue weighted by Gasteiger charge is -2.14. The lowest BCUT2D eigenvalue weighted by Crippen LogP contribution is -2.02. The van der Waals surface area contributed by atoms with Crippen LogP contribution in [0.5, 0.6) is 5.75 Å². The van der Waals surface area contributed by atoms with Gasteiger partial charge in [-0.05, 0) is 24.6 Å². The van der Waals surface area contributed by atoms with Gasteiger partial charge in [0.15, 0.2) is 0 Å². The van der Waals surface area contributed by atoms with E-state index in [1.165, 1.54) is 5.56 Å². The van der Waals surface area contributed by atoms with Crippen molar-refractivity contribution in [3.8, 4) is 5.75 Å². The molecule has 2 heteroatoms. The Bertz CT molecular complexity index is 399. The topological polar surface area (TPSA) is 22.1 Å². The lowest BCUT2D eigenvalue weighted by atomic mass is 10.1. The summed E-state index contributed by atoms with van der Waals surface area (Å²) in [4.78, 5) is 4.01. The molecule has 1 unspecified atom stereocenters. The van der Waals surface area contributed by atoms with E-state index in [1.807, 2.05) is 37.3 Å². The third-order valence-electron chi connectivity index (χ3n) is 2.22. The smallest absolute Gasteiger partial charge is 0.138 e. The van der Waals surface area contributed by atoms with Crippen LogP contribution in [0.1, 0.15) is 18.6 Å². The number of hydrogen-bond donors (Lipinski definition) is 0. The van der Waals surface area contributed by atoms with Gasteiger partial charge in [-0.1, -0.05) is 30.3 Å². The second kappa shape index (κ2) is 4.60. The molecule has 0 spiro atoms. The monoisotopic (exact) mass is 199 g/mol. The fourth-order valence-corrected chi connectivity index (χ4v) is 1.41. The van der Waals surface area contributed by atoms with Crippen LogP contribution in [0.2, 0.25) is 0 Å². The molecule has 2 aromatic rings. The number of pyridine rings is 1. The minimum absolute atomic E-state index is 0.0513. The first kappa shape index (κ1) is 9.71. The van der Waals surface area contributed by atoms with Crippen molar-refractivity contribution >= 4 is 0 Å². The van der Waals surface area contributed by atoms with Crippen LogP contribution < -0.4 is 4.74 Å². The van der Waals surface area contributed by atoms with Crippen LogP contribution in [-0.2, 0) is 0 Å². The second-order valence-electron chi connectivity index (χ2n) is 3.36. The van der Waals surface area contributed by atoms with Crippen molar-refractivity contribution in [1.82, 2.24) is 4.98 Å². The fraction of sp³-hybridized carbons (Fsp3) is 0.154. The van der Waals surface area contributed by atoms with E-state index in [9.17, 15) is 0 Å². The molecule has 2 rings (SSSR count). The van der Waals surface area contributed by atoms with Crippen LogP contribution in [0.25, 0.3) is 0 Å². The standard InChI is InChI=1S/C13H13NO/c1-11(12-6-3-2-4-7-12)15-13-8-5-9-14-10-13/h2-11H,1H3. The molecular formula is C13H13NO. The number of ether oxygens (including phenoxy) is 1. The molecule has 2 nitrogen and oxygen atoms in total. The molecule has 0 amide bonds. The minimum Gasteiger partial charge on any atom is -0.484 e. The molecule has 0 bridgehead atoms. The molecule has 0 N–H and O–H groups in total. The summed E-state index contributed by atoms with van der Waals surface area (Å²) < 4.78 is 5.74. The first-order valence-electron chi connectivity index (χ1n) is 4.98. The van der Waals surface area contributed by atoms with Crippen LogP contribution in [0, 0.1) is 0 Å². The molecule has 0 aliphatic carbocycles. The predicted molar refractivity (Wildman–Crippen MR) is 59.7 cm³/mol. The maximum Gasteiger partial charge on any atom is 0.138 e. The SMILES string of the molecule is CC(Oc1cccnc1)c1ccccc1. The highest BCUT2D eigenvalue weighted by Crippen LogP contribution is 2.19. The van der Waals surface area contributed by atoms with Gasteiger partial charge in [0.1, 0.15) is 11.9 Å². The molecule has 76 valence electrons. The minimum atomic E-state index is 0.0513. The maximum absolute atomic E-state index is 5.74. The Morgan fingerprint density at radius 3 is 2.53 bits per heavy atom. The van der Waals surface area contributed by atoms with Gasteiger partial charge in [-0.15, -0.1) is 0 Å². The van der Waals surface area contributed by atoms with Gasteiger partial charge >= 0.3 is 0 Å². The van der Waals surface area contributed by atoms with Gasteiger partial charge in [-0.2, -0.15) is 0 Å². The summed E-state index contributed by atoms with van der Waals surface area (Å²) >= 11 is 0. The second-order valence-corrected chi connectivity index (χ2v) is 3.36. The zero-order chi connectivity index (χ0) is 10.5. The lowest BCUT2D eigenvalue weighted by molar-refractivity contribution is 0.226. The summed E-state index contributed by atoms with van der Waals surface area (Å²) in [7, 11) is 0. The highest BCUT2D eigenvalue weighted by atomic mass is 16.5. The third-order valence-corrected chi connectivity index (χ3v) is 2.22. The molecule has 1 atom stereocenters. The fourth-order valence-electron chi connectivity index (χ4n) is 1.41. The van der Waals surface area contributed by atoms with E-state index in [4.69, 9.17) is 4.74 Å². The molecule has 0 fully saturated rings. The average Bonchev–Trinajstić information content (AvgIpc) is 2.31. The highest BCUT2D eigenvalue weighted by Gasteiger charge is 2.05. The summed E-state index contributed by atoms with van der Waals surface area (Å²) in [5.74, 6) is 0.800. The van der Waals surface area contributed by atoms with Crippen molar-refractivity contribution in [2.45, 2.75) is 13.0 Å². The van der Waals surface area contributed by atoms with E-state index >= 15 is 0 Å². The van der Waals surface area contributed by atoms with Crippen LogP contribution in [0.4, 0.5) is 0 Å². The third kappa shape index (κ3) is 2.56. The maximum atomic E-state index is 5.74. The van der Waals surface area contributed by atoms with Gasteiger partial charge in [0.2, 0.25) is 0 Å². The van der Waals surface area contributed by atoms with Crippen molar-refractivity contribution in [3.05, 3.63) is 60.4 Å². The summed E-state index contributed by atoms with van der Waals surface area (Å²) in [5, 5.41) is 0. The molecule has 1 aromatic heterocycles. The van der Waals surface area contributed by atoms with E-state index in [0.717, 1.165) is 5.75 Å². The quantitative estimate of drug-likeness (QED) is 0.757. The molecule has 0 aliphatic rings. The van der Waals surface area contributed by atoms with E-state index in [2.05, 4.69) is 17.1 Å². The molecule has 0 radical (unpaired) electrons. The number of aromatic nitrogens is 1. The summed E-state index contributed by atoms with van der Waals surface area (Å²) in [5.41, 5.74) is 1.17. The van der Waals surface area contributed by atoms with Gasteiger partial charge in [0, 0.05) is 6.20 Å². The largest absolute Gasteiger partial charge is 0.484 e. The average molecular weight is 199 g/mol. The van der Waals surface area contributed by atoms with E-state index in [1.54, 1.807) is 12.4 Å². The number of benzene rings is 1. The van der Waals surface area contributed by atoms with E-state index in [0.29, 0.717) is 0 Å². The highest BCUT2D eigenvalue weighted by molar-refractivity contribution is 5.21. The number of hydrogen-bond acceptors (Lipinski definition) is 2. The van der Waals surface area contributed by atoms with E-state index < -0.39 is 0 Å². The Kier molecular flexibility index (Phi) is 2.98. The Hall–Kier alpha value is -1.83. The Morgan fingerprint density at radius 1 is 1.07 bits per heavy atom. The van der Waals surface area contributed by atoms with Gasteiger partial charge in [0.25, 0.3) is 0 Å². The van der Waals surface area contributed by atoms with Crippen molar-refractivity contribution in [2.24, 2.45) is 0 Å². The van der Waals surface area contributed by atoms with Crippen molar-refractivity contribution in [2.75, 3.05) is 0 Å². The van der Waals surface area contributed by atoms with Crippen LogP contribution in [-0.4, -0.2) is 4.98 Å². The van der Waals surface area contributed by atoms with Crippen LogP contribution in [0.15, 0.2) is 54.9 Å². The van der Waals surface area contributed by atoms with Gasteiger partial charge in [-0.3, -0.25) is 4.98 Å². The van der Waals surface area contributed by atoms with Crippen molar-refractivity contribution in [1.29, 1.82) is 0 Å². The zero-order valence-corrected chi connectivity index (χ0v) is 8.63. The molecule has 0 saturated carbocycles. The molecule has 1 heterocycles. The van der Waals surface area contributed by atoms with E-state index in [-0.39, 0.29) is 6.10 Å². The number of nitrogens with zero attached hydrogens (tertiary/aromatic N) is 1. The normalized spacial score (nSPS) is 12.1. The Labute approximate surface area is 89.6 Å². The summed E-state index contributed by atoms with van der Waals surface area (Å²) in [6, 6.07) is 13.9. The summed E-state index contributed by atoms with van der Waals surface area (Å²) in [6.45, 7) is 2.03. The molecular weight excluding hydrogens is 186 g/mol. The predicted octanol–water partition coefficient (Wildman–Crippen LogP) is 3.22. The Balaban J connectivity index is 2.08. The zero-order valence-electron chi connectivity index (χ0n) is 8.63. The Morgan fingerprint density at radius 2 is 1.87 bits per heavy atom. The molecule has 0 aliphatic heterocycles. The van der Waals surface area contributed by atoms with Crippen molar-refractivity contribution in [3.63, 3.8) is 0 Å². The van der Waals surface area contributed by atoms with Gasteiger partial charge < -0.3 is 4.74 Å². The molecule has 15 heavy (non-hydrogen) atoms. The summed E-state index contributed by atoms with van der Waals surface area (Å²) in [6.07, 6.45) is 3.51. The number of rotatable bonds is 3. The molecule has 0 saturated heterocycles. The first-order chi connectivity index (χ1) is 7.36.